The Morgan fingerprint density at radius 2 is 2.21 bits per heavy atom. The molecule has 1 aromatic rings. The zero-order chi connectivity index (χ0) is 13.7. The maximum Gasteiger partial charge on any atom is 0.123 e. The molecule has 0 aromatic heterocycles. The van der Waals surface area contributed by atoms with Crippen LogP contribution in [0.4, 0.5) is 4.39 Å². The van der Waals surface area contributed by atoms with E-state index in [1.54, 1.807) is 6.07 Å². The summed E-state index contributed by atoms with van der Waals surface area (Å²) in [7, 11) is 0. The van der Waals surface area contributed by atoms with Crippen molar-refractivity contribution in [2.24, 2.45) is 0 Å². The minimum atomic E-state index is -0.242. The molecule has 1 heterocycles. The predicted octanol–water partition coefficient (Wildman–Crippen LogP) is 2.70. The Bertz CT molecular complexity index is 408. The van der Waals surface area contributed by atoms with Gasteiger partial charge < -0.3 is 14.6 Å². The topological polar surface area (TPSA) is 42.0 Å². The molecule has 0 aliphatic carbocycles. The Kier molecular flexibility index (Phi) is 5.16. The van der Waals surface area contributed by atoms with E-state index >= 15 is 0 Å². The normalized spacial score (nSPS) is 21.4. The van der Waals surface area contributed by atoms with Gasteiger partial charge >= 0.3 is 0 Å². The van der Waals surface area contributed by atoms with Crippen LogP contribution in [-0.4, -0.2) is 30.5 Å². The summed E-state index contributed by atoms with van der Waals surface area (Å²) in [5, 5.41) is 8.91. The molecule has 0 spiro atoms. The first kappa shape index (κ1) is 14.3. The van der Waals surface area contributed by atoms with E-state index in [4.69, 9.17) is 14.6 Å². The minimum absolute atomic E-state index is 0.0296. The molecular formula is C15H21FO3. The van der Waals surface area contributed by atoms with Gasteiger partial charge in [-0.1, -0.05) is 13.3 Å². The lowest BCUT2D eigenvalue weighted by Gasteiger charge is -2.11. The van der Waals surface area contributed by atoms with E-state index < -0.39 is 0 Å². The first-order valence-corrected chi connectivity index (χ1v) is 6.92. The number of epoxide rings is 1. The van der Waals surface area contributed by atoms with Gasteiger partial charge in [-0.2, -0.15) is 0 Å². The van der Waals surface area contributed by atoms with Gasteiger partial charge in [-0.25, -0.2) is 4.39 Å². The van der Waals surface area contributed by atoms with Crippen LogP contribution in [0.3, 0.4) is 0 Å². The Labute approximate surface area is 113 Å². The SMILES string of the molecule is CCCCOc1ccc(F)cc1CC[C@@H]1O[C@H]1CO. The number of hydrogen-bond acceptors (Lipinski definition) is 3. The summed E-state index contributed by atoms with van der Waals surface area (Å²) in [6.45, 7) is 2.83. The summed E-state index contributed by atoms with van der Waals surface area (Å²) in [4.78, 5) is 0. The average Bonchev–Trinajstić information content (AvgIpc) is 3.17. The van der Waals surface area contributed by atoms with Crippen LogP contribution in [0.1, 0.15) is 31.7 Å². The van der Waals surface area contributed by atoms with Gasteiger partial charge in [0.1, 0.15) is 17.7 Å². The van der Waals surface area contributed by atoms with Crippen LogP contribution in [0.25, 0.3) is 0 Å². The molecule has 1 N–H and O–H groups in total. The molecule has 1 aromatic carbocycles. The fourth-order valence-corrected chi connectivity index (χ4v) is 2.10. The molecule has 1 saturated heterocycles. The fraction of sp³-hybridized carbons (Fsp3) is 0.600. The lowest BCUT2D eigenvalue weighted by atomic mass is 10.1. The highest BCUT2D eigenvalue weighted by Crippen LogP contribution is 2.29. The molecule has 3 nitrogen and oxygen atoms in total. The van der Waals surface area contributed by atoms with E-state index in [1.165, 1.54) is 12.1 Å². The quantitative estimate of drug-likeness (QED) is 0.582. The third-order valence-electron chi connectivity index (χ3n) is 3.34. The molecule has 2 rings (SSSR count). The zero-order valence-corrected chi connectivity index (χ0v) is 11.3. The van der Waals surface area contributed by atoms with Crippen molar-refractivity contribution >= 4 is 0 Å². The lowest BCUT2D eigenvalue weighted by Crippen LogP contribution is -2.03. The predicted molar refractivity (Wildman–Crippen MR) is 70.9 cm³/mol. The third-order valence-corrected chi connectivity index (χ3v) is 3.34. The molecule has 1 aliphatic heterocycles. The first-order valence-electron chi connectivity index (χ1n) is 6.92. The number of ether oxygens (including phenoxy) is 2. The van der Waals surface area contributed by atoms with Gasteiger partial charge in [-0.3, -0.25) is 0 Å². The molecule has 1 aliphatic rings. The number of aryl methyl sites for hydroxylation is 1. The van der Waals surface area contributed by atoms with E-state index in [-0.39, 0.29) is 24.6 Å². The molecule has 0 amide bonds. The maximum atomic E-state index is 13.3. The van der Waals surface area contributed by atoms with E-state index in [0.717, 1.165) is 30.6 Å². The van der Waals surface area contributed by atoms with Crippen molar-refractivity contribution in [3.63, 3.8) is 0 Å². The van der Waals surface area contributed by atoms with Crippen molar-refractivity contribution in [2.45, 2.75) is 44.8 Å². The Hall–Kier alpha value is -1.13. The van der Waals surface area contributed by atoms with Crippen molar-refractivity contribution in [1.29, 1.82) is 0 Å². The van der Waals surface area contributed by atoms with E-state index in [9.17, 15) is 4.39 Å². The molecule has 4 heteroatoms. The van der Waals surface area contributed by atoms with Crippen LogP contribution in [-0.2, 0) is 11.2 Å². The highest BCUT2D eigenvalue weighted by Gasteiger charge is 2.37. The van der Waals surface area contributed by atoms with Gasteiger partial charge in [0.25, 0.3) is 0 Å². The highest BCUT2D eigenvalue weighted by molar-refractivity contribution is 5.34. The number of aliphatic hydroxyl groups is 1. The van der Waals surface area contributed by atoms with E-state index in [1.807, 2.05) is 0 Å². The number of unbranched alkanes of at least 4 members (excludes halogenated alkanes) is 1. The highest BCUT2D eigenvalue weighted by atomic mass is 19.1. The lowest BCUT2D eigenvalue weighted by molar-refractivity contribution is 0.241. The maximum absolute atomic E-state index is 13.3. The van der Waals surface area contributed by atoms with Crippen LogP contribution in [0.2, 0.25) is 0 Å². The van der Waals surface area contributed by atoms with Crippen molar-refractivity contribution in [3.8, 4) is 5.75 Å². The molecule has 106 valence electrons. The van der Waals surface area contributed by atoms with Gasteiger partial charge in [0.2, 0.25) is 0 Å². The number of hydrogen-bond donors (Lipinski definition) is 1. The molecule has 2 atom stereocenters. The van der Waals surface area contributed by atoms with Crippen LogP contribution in [0, 0.1) is 5.82 Å². The molecule has 0 unspecified atom stereocenters. The van der Waals surface area contributed by atoms with Crippen molar-refractivity contribution in [1.82, 2.24) is 0 Å². The summed E-state index contributed by atoms with van der Waals surface area (Å²) < 4.78 is 24.2. The molecule has 1 fully saturated rings. The summed E-state index contributed by atoms with van der Waals surface area (Å²) in [5.41, 5.74) is 0.878. The second kappa shape index (κ2) is 6.87. The van der Waals surface area contributed by atoms with Gasteiger partial charge in [0.15, 0.2) is 0 Å². The molecule has 19 heavy (non-hydrogen) atoms. The monoisotopic (exact) mass is 268 g/mol. The second-order valence-corrected chi connectivity index (χ2v) is 4.89. The molecule has 0 radical (unpaired) electrons. The third kappa shape index (κ3) is 4.18. The number of aliphatic hydroxyl groups excluding tert-OH is 1. The minimum Gasteiger partial charge on any atom is -0.493 e. The molecular weight excluding hydrogens is 247 g/mol. The Morgan fingerprint density at radius 1 is 1.37 bits per heavy atom. The van der Waals surface area contributed by atoms with Gasteiger partial charge in [-0.15, -0.1) is 0 Å². The van der Waals surface area contributed by atoms with Crippen LogP contribution in [0.15, 0.2) is 18.2 Å². The zero-order valence-electron chi connectivity index (χ0n) is 11.3. The smallest absolute Gasteiger partial charge is 0.123 e. The molecule has 0 saturated carbocycles. The number of benzene rings is 1. The number of rotatable bonds is 8. The van der Waals surface area contributed by atoms with Gasteiger partial charge in [-0.05, 0) is 43.0 Å². The van der Waals surface area contributed by atoms with Crippen molar-refractivity contribution in [2.75, 3.05) is 13.2 Å². The fourth-order valence-electron chi connectivity index (χ4n) is 2.10. The van der Waals surface area contributed by atoms with Gasteiger partial charge in [0.05, 0.1) is 19.3 Å². The van der Waals surface area contributed by atoms with Crippen LogP contribution >= 0.6 is 0 Å². The summed E-state index contributed by atoms with van der Waals surface area (Å²) in [5.74, 6) is 0.518. The molecule has 0 bridgehead atoms. The van der Waals surface area contributed by atoms with Crippen LogP contribution in [0.5, 0.6) is 5.75 Å². The van der Waals surface area contributed by atoms with E-state index in [0.29, 0.717) is 13.0 Å². The van der Waals surface area contributed by atoms with Gasteiger partial charge in [0, 0.05) is 0 Å². The van der Waals surface area contributed by atoms with Crippen molar-refractivity contribution in [3.05, 3.63) is 29.6 Å². The second-order valence-electron chi connectivity index (χ2n) is 4.89. The van der Waals surface area contributed by atoms with Crippen molar-refractivity contribution < 1.29 is 19.0 Å². The summed E-state index contributed by atoms with van der Waals surface area (Å²) in [6, 6.07) is 4.64. The summed E-state index contributed by atoms with van der Waals surface area (Å²) >= 11 is 0. The average molecular weight is 268 g/mol. The standard InChI is InChI=1S/C15H21FO3/c1-2-3-8-18-13-7-5-12(16)9-11(13)4-6-14-15(10-17)19-14/h5,7,9,14-15,17H,2-4,6,8,10H2,1H3/t14-,15-/m0/s1. The Balaban J connectivity index is 1.90. The largest absolute Gasteiger partial charge is 0.493 e. The number of halogens is 1. The first-order chi connectivity index (χ1) is 9.24. The van der Waals surface area contributed by atoms with E-state index in [2.05, 4.69) is 6.92 Å². The summed E-state index contributed by atoms with van der Waals surface area (Å²) in [6.07, 6.45) is 3.65. The Morgan fingerprint density at radius 3 is 2.89 bits per heavy atom. The van der Waals surface area contributed by atoms with Crippen LogP contribution < -0.4 is 4.74 Å².